The van der Waals surface area contributed by atoms with Crippen molar-refractivity contribution in [1.29, 1.82) is 5.41 Å². The highest BCUT2D eigenvalue weighted by Crippen LogP contribution is 2.40. The van der Waals surface area contributed by atoms with Crippen molar-refractivity contribution >= 4 is 51.4 Å². The van der Waals surface area contributed by atoms with Crippen LogP contribution in [-0.4, -0.2) is 72.2 Å². The number of likely N-dealkylation sites (tertiary alicyclic amines) is 1. The summed E-state index contributed by atoms with van der Waals surface area (Å²) in [6, 6.07) is 4.17. The maximum Gasteiger partial charge on any atom is 0.209 e. The van der Waals surface area contributed by atoms with Gasteiger partial charge in [-0.1, -0.05) is 0 Å². The molecule has 1 aliphatic carbocycles. The van der Waals surface area contributed by atoms with Crippen LogP contribution in [0.2, 0.25) is 0 Å². The Hall–Kier alpha value is -3.24. The number of nitrogens with one attached hydrogen (secondary N) is 2. The molecule has 10 heteroatoms. The second-order valence-corrected chi connectivity index (χ2v) is 10.4. The van der Waals surface area contributed by atoms with Crippen LogP contribution in [0.15, 0.2) is 18.5 Å². The second kappa shape index (κ2) is 11.7. The Morgan fingerprint density at radius 3 is 2.78 bits per heavy atom. The number of ether oxygens (including phenoxy) is 1. The summed E-state index contributed by atoms with van der Waals surface area (Å²) in [4.78, 5) is 25.7. The second-order valence-electron chi connectivity index (χ2n) is 9.30. The zero-order valence-electron chi connectivity index (χ0n) is 21.2. The number of hydrogen-bond acceptors (Lipinski definition) is 9. The molecule has 4 N–H and O–H groups in total. The monoisotopic (exact) mass is 509 g/mol. The highest BCUT2D eigenvalue weighted by atomic mass is 32.1. The lowest BCUT2D eigenvalue weighted by atomic mass is 9.97. The lowest BCUT2D eigenvalue weighted by molar-refractivity contribution is -0.117. The minimum atomic E-state index is 0.523. The standard InChI is InChI=1S/C19H21N5OS.C7H14N2O/c1-2-25-15-8-13(21)11(9-20)7-14(15)24-18-17-12-5-3-4-6-16(12)26-19(17)23-10-22-18;1-8(2)7-3-4-9(5-7)6-10/h7-10,20H,2-6,21H2,1H3,(H,22,23,24);6-7H,3-5H2,1-2H3. The Morgan fingerprint density at radius 2 is 2.11 bits per heavy atom. The van der Waals surface area contributed by atoms with E-state index < -0.39 is 0 Å². The van der Waals surface area contributed by atoms with Crippen molar-refractivity contribution in [2.75, 3.05) is 44.8 Å². The molecule has 1 aliphatic heterocycles. The highest BCUT2D eigenvalue weighted by molar-refractivity contribution is 7.19. The van der Waals surface area contributed by atoms with Crippen LogP contribution in [0.1, 0.15) is 42.2 Å². The Morgan fingerprint density at radius 1 is 1.31 bits per heavy atom. The molecular formula is C26H35N7O2S. The van der Waals surface area contributed by atoms with Gasteiger partial charge in [0, 0.05) is 47.5 Å². The summed E-state index contributed by atoms with van der Waals surface area (Å²) < 4.78 is 5.74. The number of nitrogen functional groups attached to an aromatic ring is 1. The molecule has 1 fully saturated rings. The molecule has 192 valence electrons. The van der Waals surface area contributed by atoms with Gasteiger partial charge in [-0.15, -0.1) is 11.3 Å². The third-order valence-electron chi connectivity index (χ3n) is 6.72. The van der Waals surface area contributed by atoms with E-state index in [-0.39, 0.29) is 0 Å². The van der Waals surface area contributed by atoms with Crippen LogP contribution in [0.25, 0.3) is 10.2 Å². The van der Waals surface area contributed by atoms with E-state index in [1.165, 1.54) is 29.5 Å². The highest BCUT2D eigenvalue weighted by Gasteiger charge is 2.22. The number of aryl methyl sites for hydroxylation is 2. The predicted octanol–water partition coefficient (Wildman–Crippen LogP) is 4.07. The van der Waals surface area contributed by atoms with Gasteiger partial charge in [-0.05, 0) is 64.8 Å². The molecule has 1 aromatic carbocycles. The van der Waals surface area contributed by atoms with Crippen LogP contribution < -0.4 is 15.8 Å². The summed E-state index contributed by atoms with van der Waals surface area (Å²) >= 11 is 1.77. The number of benzene rings is 1. The van der Waals surface area contributed by atoms with Gasteiger partial charge in [0.25, 0.3) is 0 Å². The van der Waals surface area contributed by atoms with Crippen LogP contribution in [0.4, 0.5) is 17.2 Å². The average Bonchev–Trinajstić information content (AvgIpc) is 3.51. The molecule has 0 bridgehead atoms. The summed E-state index contributed by atoms with van der Waals surface area (Å²) in [7, 11) is 4.11. The van der Waals surface area contributed by atoms with Crippen molar-refractivity contribution < 1.29 is 9.53 Å². The fourth-order valence-corrected chi connectivity index (χ4v) is 5.94. The first-order valence-electron chi connectivity index (χ1n) is 12.4. The van der Waals surface area contributed by atoms with Gasteiger partial charge in [0.15, 0.2) is 0 Å². The number of likely N-dealkylation sites (N-methyl/N-ethyl adjacent to an activating group) is 1. The zero-order valence-corrected chi connectivity index (χ0v) is 22.0. The van der Waals surface area contributed by atoms with Gasteiger partial charge < -0.3 is 31.0 Å². The summed E-state index contributed by atoms with van der Waals surface area (Å²) in [5.41, 5.74) is 9.31. The summed E-state index contributed by atoms with van der Waals surface area (Å²) in [5.74, 6) is 1.45. The van der Waals surface area contributed by atoms with E-state index in [0.717, 1.165) is 60.5 Å². The summed E-state index contributed by atoms with van der Waals surface area (Å²) in [5, 5.41) is 12.1. The number of hydrogen-bond donors (Lipinski definition) is 3. The Kier molecular flexibility index (Phi) is 8.37. The fourth-order valence-electron chi connectivity index (χ4n) is 4.71. The van der Waals surface area contributed by atoms with E-state index in [4.69, 9.17) is 15.9 Å². The van der Waals surface area contributed by atoms with Crippen molar-refractivity contribution in [2.45, 2.75) is 45.1 Å². The molecule has 5 rings (SSSR count). The number of anilines is 3. The fraction of sp³-hybridized carbons (Fsp3) is 0.462. The molecule has 36 heavy (non-hydrogen) atoms. The van der Waals surface area contributed by atoms with Gasteiger partial charge in [-0.2, -0.15) is 0 Å². The smallest absolute Gasteiger partial charge is 0.209 e. The van der Waals surface area contributed by atoms with E-state index in [2.05, 4.69) is 34.3 Å². The van der Waals surface area contributed by atoms with Crippen LogP contribution in [0.5, 0.6) is 5.75 Å². The Labute approximate surface area is 216 Å². The van der Waals surface area contributed by atoms with Crippen molar-refractivity contribution in [2.24, 2.45) is 0 Å². The number of aromatic nitrogens is 2. The third-order valence-corrected chi connectivity index (χ3v) is 7.92. The molecule has 1 atom stereocenters. The first-order chi connectivity index (χ1) is 17.4. The van der Waals surface area contributed by atoms with Crippen molar-refractivity contribution in [3.05, 3.63) is 34.5 Å². The molecule has 9 nitrogen and oxygen atoms in total. The zero-order chi connectivity index (χ0) is 25.7. The first kappa shape index (κ1) is 25.8. The number of nitrogens with two attached hydrogens (primary N) is 1. The molecule has 2 aromatic heterocycles. The van der Waals surface area contributed by atoms with Crippen LogP contribution >= 0.6 is 11.3 Å². The lowest BCUT2D eigenvalue weighted by Crippen LogP contribution is -2.30. The number of carbonyl (C=O) groups excluding carboxylic acids is 1. The van der Waals surface area contributed by atoms with E-state index in [1.54, 1.807) is 23.7 Å². The van der Waals surface area contributed by atoms with E-state index in [0.29, 0.717) is 29.6 Å². The van der Waals surface area contributed by atoms with Crippen LogP contribution in [-0.2, 0) is 17.6 Å². The molecule has 3 heterocycles. The van der Waals surface area contributed by atoms with Gasteiger partial charge in [0.1, 0.15) is 22.7 Å². The summed E-state index contributed by atoms with van der Waals surface area (Å²) in [6.45, 7) is 4.29. The minimum absolute atomic E-state index is 0.523. The minimum Gasteiger partial charge on any atom is -0.492 e. The van der Waals surface area contributed by atoms with Gasteiger partial charge >= 0.3 is 0 Å². The SMILES string of the molecule is CCOc1cc(N)c(C=N)cc1Nc1ncnc2sc3c(c12)CCCC3.CN(C)C1CCN(C=O)C1. The maximum absolute atomic E-state index is 10.3. The normalized spacial score (nSPS) is 16.9. The number of nitrogens with zero attached hydrogens (tertiary/aromatic N) is 4. The molecule has 0 spiro atoms. The topological polar surface area (TPSA) is 120 Å². The van der Waals surface area contributed by atoms with E-state index in [1.807, 2.05) is 17.9 Å². The number of fused-ring (bicyclic) bond motifs is 3. The van der Waals surface area contributed by atoms with Gasteiger partial charge in [0.2, 0.25) is 6.41 Å². The van der Waals surface area contributed by atoms with Gasteiger partial charge in [-0.25, -0.2) is 9.97 Å². The third kappa shape index (κ3) is 5.60. The Bertz CT molecular complexity index is 1230. The van der Waals surface area contributed by atoms with Crippen molar-refractivity contribution in [1.82, 2.24) is 19.8 Å². The van der Waals surface area contributed by atoms with Crippen LogP contribution in [0.3, 0.4) is 0 Å². The predicted molar refractivity (Wildman–Crippen MR) is 147 cm³/mol. The molecule has 1 saturated heterocycles. The molecule has 1 amide bonds. The average molecular weight is 510 g/mol. The molecular weight excluding hydrogens is 474 g/mol. The van der Waals surface area contributed by atoms with Crippen molar-refractivity contribution in [3.8, 4) is 5.75 Å². The molecule has 3 aromatic rings. The van der Waals surface area contributed by atoms with Crippen molar-refractivity contribution in [3.63, 3.8) is 0 Å². The van der Waals surface area contributed by atoms with E-state index in [9.17, 15) is 4.79 Å². The Balaban J connectivity index is 0.000000256. The maximum atomic E-state index is 10.3. The number of amides is 1. The first-order valence-corrected chi connectivity index (χ1v) is 13.2. The molecule has 2 aliphatic rings. The summed E-state index contributed by atoms with van der Waals surface area (Å²) in [6.07, 6.45) is 9.54. The van der Waals surface area contributed by atoms with E-state index >= 15 is 0 Å². The molecule has 0 saturated carbocycles. The van der Waals surface area contributed by atoms with Gasteiger partial charge in [-0.3, -0.25) is 4.79 Å². The quantitative estimate of drug-likeness (QED) is 0.249. The lowest BCUT2D eigenvalue weighted by Gasteiger charge is -2.17. The molecule has 1 unspecified atom stereocenters. The number of carbonyl (C=O) groups is 1. The van der Waals surface area contributed by atoms with Crippen LogP contribution in [0, 0.1) is 5.41 Å². The number of rotatable bonds is 7. The molecule has 0 radical (unpaired) electrons. The number of thiophene rings is 1. The largest absolute Gasteiger partial charge is 0.492 e. The van der Waals surface area contributed by atoms with Gasteiger partial charge in [0.05, 0.1) is 17.7 Å².